The lowest BCUT2D eigenvalue weighted by atomic mass is 9.92. The number of nitrogens with one attached hydrogen (secondary N) is 1. The van der Waals surface area contributed by atoms with Crippen molar-refractivity contribution in [3.8, 4) is 6.07 Å². The first-order valence-electron chi connectivity index (χ1n) is 14.0. The Morgan fingerprint density at radius 3 is 2.64 bits per heavy atom. The Bertz CT molecular complexity index is 1580. The van der Waals surface area contributed by atoms with E-state index in [1.807, 2.05) is 18.2 Å². The number of piperidine rings is 1. The summed E-state index contributed by atoms with van der Waals surface area (Å²) in [7, 11) is -2.69. The van der Waals surface area contributed by atoms with Crippen LogP contribution in [0, 0.1) is 17.2 Å². The molecule has 2 aliphatic heterocycles. The van der Waals surface area contributed by atoms with Crippen LogP contribution in [0.25, 0.3) is 16.8 Å². The maximum absolute atomic E-state index is 13.0. The molecule has 0 amide bonds. The predicted octanol–water partition coefficient (Wildman–Crippen LogP) is 2.13. The van der Waals surface area contributed by atoms with Crippen molar-refractivity contribution in [3.63, 3.8) is 0 Å². The number of hydrogen-bond acceptors (Lipinski definition) is 10. The van der Waals surface area contributed by atoms with Gasteiger partial charge in [-0.05, 0) is 59.9 Å². The molecule has 1 aromatic heterocycles. The minimum atomic E-state index is -4.14. The van der Waals surface area contributed by atoms with E-state index < -0.39 is 45.4 Å². The Hall–Kier alpha value is -3.38. The van der Waals surface area contributed by atoms with E-state index in [2.05, 4.69) is 32.1 Å². The van der Waals surface area contributed by atoms with E-state index in [9.17, 15) is 23.9 Å². The van der Waals surface area contributed by atoms with Crippen LogP contribution in [0.4, 0.5) is 5.69 Å². The van der Waals surface area contributed by atoms with Crippen LogP contribution in [0.3, 0.4) is 0 Å². The fourth-order valence-electron chi connectivity index (χ4n) is 5.44. The lowest BCUT2D eigenvalue weighted by Gasteiger charge is -2.40. The number of allylic oxidation sites excluding steroid dienone is 1. The van der Waals surface area contributed by atoms with Crippen LogP contribution in [-0.4, -0.2) is 78.4 Å². The molecule has 3 heterocycles. The topological polar surface area (TPSA) is 163 Å². The highest BCUT2D eigenvalue weighted by atomic mass is 32.2. The number of ether oxygens (including phenoxy) is 2. The zero-order valence-electron chi connectivity index (χ0n) is 23.6. The van der Waals surface area contributed by atoms with Gasteiger partial charge in [-0.3, -0.25) is 0 Å². The Morgan fingerprint density at radius 2 is 1.90 bits per heavy atom. The van der Waals surface area contributed by atoms with E-state index in [-0.39, 0.29) is 13.1 Å². The first-order chi connectivity index (χ1) is 20.2. The summed E-state index contributed by atoms with van der Waals surface area (Å²) in [5.41, 5.74) is 2.08. The molecular weight excluding hydrogens is 560 g/mol. The number of fused-ring (bicyclic) bond motifs is 1. The number of nitriles is 1. The molecular formula is C29H36N6O6S. The number of anilines is 1. The number of sulfonamides is 1. The van der Waals surface area contributed by atoms with Gasteiger partial charge in [-0.1, -0.05) is 30.3 Å². The highest BCUT2D eigenvalue weighted by Crippen LogP contribution is 2.28. The average Bonchev–Trinajstić information content (AvgIpc) is 3.46. The monoisotopic (exact) mass is 596 g/mol. The summed E-state index contributed by atoms with van der Waals surface area (Å²) in [6.07, 6.45) is 2.79. The van der Waals surface area contributed by atoms with Gasteiger partial charge in [0, 0.05) is 38.0 Å². The molecule has 0 saturated carbocycles. The van der Waals surface area contributed by atoms with Crippen LogP contribution in [0.1, 0.15) is 37.4 Å². The molecule has 3 aromatic rings. The van der Waals surface area contributed by atoms with Gasteiger partial charge in [-0.2, -0.15) is 5.26 Å². The normalized spacial score (nSPS) is 25.5. The first-order valence-corrected chi connectivity index (χ1v) is 15.5. The lowest BCUT2D eigenvalue weighted by molar-refractivity contribution is -0.272. The Balaban J connectivity index is 1.23. The minimum Gasteiger partial charge on any atom is -0.390 e. The number of hydrogen-bond donors (Lipinski definition) is 3. The van der Waals surface area contributed by atoms with Crippen molar-refractivity contribution in [3.05, 3.63) is 58.8 Å². The maximum atomic E-state index is 13.0. The minimum absolute atomic E-state index is 0.0649. The number of aromatic nitrogens is 3. The van der Waals surface area contributed by atoms with Gasteiger partial charge in [-0.15, -0.1) is 5.10 Å². The molecule has 224 valence electrons. The van der Waals surface area contributed by atoms with Gasteiger partial charge in [0.15, 0.2) is 11.2 Å². The van der Waals surface area contributed by atoms with E-state index in [1.54, 1.807) is 19.1 Å². The fraction of sp³-hybridized carbons (Fsp3) is 0.483. The number of aliphatic hydroxyl groups is 2. The zero-order valence-corrected chi connectivity index (χ0v) is 24.4. The maximum Gasteiger partial charge on any atom is 0.251 e. The molecule has 0 unspecified atom stereocenters. The van der Waals surface area contributed by atoms with Crippen LogP contribution in [0.15, 0.2) is 47.5 Å². The second kappa shape index (κ2) is 12.9. The van der Waals surface area contributed by atoms with Gasteiger partial charge in [-0.25, -0.2) is 17.8 Å². The van der Waals surface area contributed by atoms with Crippen molar-refractivity contribution in [2.75, 3.05) is 25.1 Å². The third kappa shape index (κ3) is 6.64. The number of rotatable bonds is 9. The molecule has 0 spiro atoms. The largest absolute Gasteiger partial charge is 0.390 e. The van der Waals surface area contributed by atoms with Gasteiger partial charge >= 0.3 is 0 Å². The molecule has 2 aromatic carbocycles. The Morgan fingerprint density at radius 1 is 1.17 bits per heavy atom. The number of benzene rings is 2. The van der Waals surface area contributed by atoms with Gasteiger partial charge in [0.25, 0.3) is 10.0 Å². The zero-order chi connectivity index (χ0) is 29.9. The van der Waals surface area contributed by atoms with Crippen molar-refractivity contribution in [1.29, 1.82) is 5.26 Å². The summed E-state index contributed by atoms with van der Waals surface area (Å²) in [5.74, 6) is -0.420. The van der Waals surface area contributed by atoms with Gasteiger partial charge in [0.05, 0.1) is 24.9 Å². The van der Waals surface area contributed by atoms with E-state index in [0.717, 1.165) is 23.9 Å². The van der Waals surface area contributed by atoms with Crippen LogP contribution in [-0.2, 0) is 32.6 Å². The molecule has 0 radical (unpaired) electrons. The van der Waals surface area contributed by atoms with Gasteiger partial charge in [0.2, 0.25) is 0 Å². The molecule has 0 aliphatic carbocycles. The average molecular weight is 597 g/mol. The molecule has 13 heteroatoms. The standard InChI is InChI=1S/C29H36N6O6S/c1-19-27(36)28(37)26(41-29(19)40-2)18-35-17-23(32-33-35)16-31-42(38,39)25(15-30)13-20-6-7-22-14-24(9-8-21(22)12-20)34-10-4-3-5-11-34/h6-9,12-14,17,19,26-29,31,36-37H,3-5,10-11,16,18H2,1-2H3/b25-13+/t19-,26-,27-,28-,29+/m1/s1. The highest BCUT2D eigenvalue weighted by molar-refractivity contribution is 7.93. The summed E-state index contributed by atoms with van der Waals surface area (Å²) in [6.45, 7) is 3.68. The van der Waals surface area contributed by atoms with Crippen molar-refractivity contribution in [1.82, 2.24) is 19.7 Å². The van der Waals surface area contributed by atoms with Crippen molar-refractivity contribution >= 4 is 32.6 Å². The van der Waals surface area contributed by atoms with E-state index in [4.69, 9.17) is 9.47 Å². The molecule has 12 nitrogen and oxygen atoms in total. The van der Waals surface area contributed by atoms with Crippen molar-refractivity contribution < 1.29 is 28.1 Å². The highest BCUT2D eigenvalue weighted by Gasteiger charge is 2.42. The molecule has 5 rings (SSSR count). The van der Waals surface area contributed by atoms with Crippen LogP contribution < -0.4 is 9.62 Å². The number of aliphatic hydroxyl groups excluding tert-OH is 2. The second-order valence-electron chi connectivity index (χ2n) is 10.8. The van der Waals surface area contributed by atoms with Crippen molar-refractivity contribution in [2.24, 2.45) is 5.92 Å². The molecule has 3 N–H and O–H groups in total. The van der Waals surface area contributed by atoms with Crippen LogP contribution >= 0.6 is 0 Å². The molecule has 0 bridgehead atoms. The molecule has 42 heavy (non-hydrogen) atoms. The summed E-state index contributed by atoms with van der Waals surface area (Å²) >= 11 is 0. The third-order valence-electron chi connectivity index (χ3n) is 7.90. The fourth-order valence-corrected chi connectivity index (χ4v) is 6.35. The molecule has 2 fully saturated rings. The summed E-state index contributed by atoms with van der Waals surface area (Å²) in [4.78, 5) is 1.96. The van der Waals surface area contributed by atoms with Crippen molar-refractivity contribution in [2.45, 2.75) is 63.9 Å². The van der Waals surface area contributed by atoms with E-state index >= 15 is 0 Å². The van der Waals surface area contributed by atoms with Gasteiger partial charge < -0.3 is 24.6 Å². The van der Waals surface area contributed by atoms with Gasteiger partial charge in [0.1, 0.15) is 18.3 Å². The van der Waals surface area contributed by atoms with Crippen LogP contribution in [0.2, 0.25) is 0 Å². The molecule has 5 atom stereocenters. The number of nitrogens with zero attached hydrogens (tertiary/aromatic N) is 5. The summed E-state index contributed by atoms with van der Waals surface area (Å²) < 4.78 is 40.7. The Labute approximate surface area is 245 Å². The SMILES string of the molecule is CO[C@H]1O[C@H](Cn2cc(CNS(=O)(=O)/C(C#N)=C/c3ccc4cc(N5CCCCC5)ccc4c3)nn2)[C@@H](O)[C@H](O)[C@H]1C. The molecule has 2 saturated heterocycles. The molecule has 2 aliphatic rings. The summed E-state index contributed by atoms with van der Waals surface area (Å²) in [6, 6.07) is 13.6. The first kappa shape index (κ1) is 30.1. The smallest absolute Gasteiger partial charge is 0.251 e. The Kier molecular flexibility index (Phi) is 9.22. The third-order valence-corrected chi connectivity index (χ3v) is 9.22. The lowest BCUT2D eigenvalue weighted by Crippen LogP contribution is -2.55. The number of methoxy groups -OCH3 is 1. The van der Waals surface area contributed by atoms with Crippen LogP contribution in [0.5, 0.6) is 0 Å². The second-order valence-corrected chi connectivity index (χ2v) is 12.6. The quantitative estimate of drug-likeness (QED) is 0.312. The summed E-state index contributed by atoms with van der Waals surface area (Å²) in [5, 5.41) is 40.3. The van der Waals surface area contributed by atoms with E-state index in [1.165, 1.54) is 49.0 Å². The van der Waals surface area contributed by atoms with E-state index in [0.29, 0.717) is 11.3 Å². The predicted molar refractivity (Wildman–Crippen MR) is 156 cm³/mol.